The molecule has 3 heterocycles. The monoisotopic (exact) mass is 394 g/mol. The highest BCUT2D eigenvalue weighted by Crippen LogP contribution is 2.29. The molecule has 152 valence electrons. The number of aromatic nitrogens is 2. The van der Waals surface area contributed by atoms with E-state index in [4.69, 9.17) is 21.2 Å². The first-order valence-electron chi connectivity index (χ1n) is 10.1. The highest BCUT2D eigenvalue weighted by molar-refractivity contribution is 5.99. The smallest absolute Gasteiger partial charge is 0.282 e. The van der Waals surface area contributed by atoms with Crippen LogP contribution >= 0.6 is 0 Å². The van der Waals surface area contributed by atoms with Gasteiger partial charge in [-0.3, -0.25) is 4.79 Å². The van der Waals surface area contributed by atoms with Crippen LogP contribution in [0.1, 0.15) is 41.6 Å². The molecule has 1 fully saturated rings. The summed E-state index contributed by atoms with van der Waals surface area (Å²) in [4.78, 5) is 27.7. The van der Waals surface area contributed by atoms with Gasteiger partial charge in [0, 0.05) is 24.8 Å². The average molecular weight is 394 g/mol. The molecular formula is C21H26N6O2. The van der Waals surface area contributed by atoms with Gasteiger partial charge in [-0.2, -0.15) is 0 Å². The van der Waals surface area contributed by atoms with Crippen LogP contribution < -0.4 is 16.4 Å². The van der Waals surface area contributed by atoms with Crippen molar-refractivity contribution in [3.05, 3.63) is 41.6 Å². The fraction of sp³-hybridized carbons (Fsp3) is 0.429. The standard InChI is InChI=1S/C21H26N6O2/c22-19(28)17-12-24-21(27-10-4-1-5-11-27)26-18(17)16-7-3-2-6-14(16)8-9-15-13-29-20(23)25-15/h2-3,6-7,12,15H,1,4-5,8-11,13H2,(H2,22,28)(H2,23,25). The number of primary amides is 1. The Morgan fingerprint density at radius 2 is 2.00 bits per heavy atom. The van der Waals surface area contributed by atoms with Crippen LogP contribution in [0.5, 0.6) is 0 Å². The number of hydrogen-bond acceptors (Lipinski definition) is 7. The van der Waals surface area contributed by atoms with E-state index in [-0.39, 0.29) is 12.1 Å². The quantitative estimate of drug-likeness (QED) is 0.772. The van der Waals surface area contributed by atoms with Crippen molar-refractivity contribution in [3.8, 4) is 11.3 Å². The van der Waals surface area contributed by atoms with Gasteiger partial charge in [-0.1, -0.05) is 24.3 Å². The molecule has 4 N–H and O–H groups in total. The molecule has 1 atom stereocenters. The molecule has 8 nitrogen and oxygen atoms in total. The molecule has 0 aliphatic carbocycles. The van der Waals surface area contributed by atoms with Crippen molar-refractivity contribution >= 4 is 17.9 Å². The summed E-state index contributed by atoms with van der Waals surface area (Å²) < 4.78 is 5.24. The minimum absolute atomic E-state index is 0.0491. The third kappa shape index (κ3) is 4.31. The van der Waals surface area contributed by atoms with Crippen LogP contribution in [0.25, 0.3) is 11.3 Å². The van der Waals surface area contributed by atoms with Crippen LogP contribution in [-0.4, -0.2) is 47.6 Å². The van der Waals surface area contributed by atoms with Crippen molar-refractivity contribution in [1.82, 2.24) is 9.97 Å². The van der Waals surface area contributed by atoms with E-state index < -0.39 is 5.91 Å². The Hall–Kier alpha value is -3.16. The van der Waals surface area contributed by atoms with Gasteiger partial charge in [0.15, 0.2) is 0 Å². The molecule has 0 radical (unpaired) electrons. The predicted octanol–water partition coefficient (Wildman–Crippen LogP) is 1.88. The molecule has 8 heteroatoms. The number of amides is 1. The molecule has 0 saturated carbocycles. The van der Waals surface area contributed by atoms with E-state index >= 15 is 0 Å². The number of amidine groups is 1. The lowest BCUT2D eigenvalue weighted by Crippen LogP contribution is -2.31. The maximum absolute atomic E-state index is 12.1. The molecule has 1 unspecified atom stereocenters. The van der Waals surface area contributed by atoms with Crippen molar-refractivity contribution in [2.24, 2.45) is 16.5 Å². The average Bonchev–Trinajstić information content (AvgIpc) is 3.18. The van der Waals surface area contributed by atoms with E-state index in [1.807, 2.05) is 24.3 Å². The van der Waals surface area contributed by atoms with Crippen molar-refractivity contribution in [2.75, 3.05) is 24.6 Å². The molecule has 0 bridgehead atoms. The van der Waals surface area contributed by atoms with Crippen LogP contribution in [0.4, 0.5) is 5.95 Å². The summed E-state index contributed by atoms with van der Waals surface area (Å²) in [6.07, 6.45) is 6.60. The number of anilines is 1. The first-order chi connectivity index (χ1) is 14.1. The summed E-state index contributed by atoms with van der Waals surface area (Å²) in [5.41, 5.74) is 14.2. The zero-order valence-corrected chi connectivity index (χ0v) is 16.4. The maximum Gasteiger partial charge on any atom is 0.282 e. The maximum atomic E-state index is 12.1. The minimum Gasteiger partial charge on any atom is -0.463 e. The molecule has 1 aromatic carbocycles. The van der Waals surface area contributed by atoms with Crippen molar-refractivity contribution in [3.63, 3.8) is 0 Å². The van der Waals surface area contributed by atoms with Gasteiger partial charge in [0.05, 0.1) is 17.3 Å². The third-order valence-electron chi connectivity index (χ3n) is 5.43. The molecule has 2 aliphatic heterocycles. The fourth-order valence-electron chi connectivity index (χ4n) is 3.88. The summed E-state index contributed by atoms with van der Waals surface area (Å²) in [5, 5.41) is 0. The van der Waals surface area contributed by atoms with E-state index in [2.05, 4.69) is 14.9 Å². The lowest BCUT2D eigenvalue weighted by molar-refractivity contribution is 0.100. The molecule has 1 amide bonds. The van der Waals surface area contributed by atoms with E-state index in [1.54, 1.807) is 6.20 Å². The molecule has 2 aliphatic rings. The number of aliphatic imine (C=N–C) groups is 1. The van der Waals surface area contributed by atoms with Crippen molar-refractivity contribution < 1.29 is 9.53 Å². The zero-order valence-electron chi connectivity index (χ0n) is 16.4. The zero-order chi connectivity index (χ0) is 20.2. The summed E-state index contributed by atoms with van der Waals surface area (Å²) >= 11 is 0. The van der Waals surface area contributed by atoms with Crippen LogP contribution in [0, 0.1) is 0 Å². The van der Waals surface area contributed by atoms with E-state index in [0.717, 1.165) is 49.9 Å². The Morgan fingerprint density at radius 1 is 1.21 bits per heavy atom. The normalized spacial score (nSPS) is 19.0. The van der Waals surface area contributed by atoms with Gasteiger partial charge < -0.3 is 21.1 Å². The molecule has 29 heavy (non-hydrogen) atoms. The molecule has 4 rings (SSSR count). The Kier molecular flexibility index (Phi) is 5.59. The predicted molar refractivity (Wildman–Crippen MR) is 112 cm³/mol. The van der Waals surface area contributed by atoms with Gasteiger partial charge in [-0.05, 0) is 37.7 Å². The van der Waals surface area contributed by atoms with Gasteiger partial charge in [0.1, 0.15) is 6.61 Å². The summed E-state index contributed by atoms with van der Waals surface area (Å²) in [7, 11) is 0. The van der Waals surface area contributed by atoms with Crippen LogP contribution in [-0.2, 0) is 11.2 Å². The van der Waals surface area contributed by atoms with Crippen LogP contribution in [0.15, 0.2) is 35.5 Å². The number of nitrogens with two attached hydrogens (primary N) is 2. The number of ether oxygens (including phenoxy) is 1. The fourth-order valence-corrected chi connectivity index (χ4v) is 3.88. The number of hydrogen-bond donors (Lipinski definition) is 2. The Morgan fingerprint density at radius 3 is 2.72 bits per heavy atom. The number of piperidine rings is 1. The third-order valence-corrected chi connectivity index (χ3v) is 5.43. The summed E-state index contributed by atoms with van der Waals surface area (Å²) in [5.74, 6) is 0.127. The van der Waals surface area contributed by atoms with Gasteiger partial charge >= 0.3 is 0 Å². The van der Waals surface area contributed by atoms with E-state index in [0.29, 0.717) is 23.8 Å². The van der Waals surface area contributed by atoms with E-state index in [9.17, 15) is 4.79 Å². The van der Waals surface area contributed by atoms with Gasteiger partial charge in [-0.15, -0.1) is 0 Å². The van der Waals surface area contributed by atoms with E-state index in [1.165, 1.54) is 6.42 Å². The lowest BCUT2D eigenvalue weighted by Gasteiger charge is -2.27. The number of benzene rings is 1. The topological polar surface area (TPSA) is 120 Å². The number of aryl methyl sites for hydroxylation is 1. The van der Waals surface area contributed by atoms with Crippen molar-refractivity contribution in [2.45, 2.75) is 38.1 Å². The number of carbonyl (C=O) groups excluding carboxylic acids is 1. The SMILES string of the molecule is NC(=O)c1cnc(N2CCCCC2)nc1-c1ccccc1CCC1COC(N)=N1. The first kappa shape index (κ1) is 19.2. The largest absolute Gasteiger partial charge is 0.463 e. The van der Waals surface area contributed by atoms with Crippen LogP contribution in [0.2, 0.25) is 0 Å². The van der Waals surface area contributed by atoms with Crippen molar-refractivity contribution in [1.29, 1.82) is 0 Å². The second kappa shape index (κ2) is 8.46. The minimum atomic E-state index is -0.526. The lowest BCUT2D eigenvalue weighted by atomic mass is 9.96. The summed E-state index contributed by atoms with van der Waals surface area (Å²) in [6, 6.07) is 8.26. The molecule has 2 aromatic rings. The van der Waals surface area contributed by atoms with Gasteiger partial charge in [-0.25, -0.2) is 15.0 Å². The molecule has 1 aromatic heterocycles. The molecule has 0 spiro atoms. The Balaban J connectivity index is 1.66. The number of carbonyl (C=O) groups is 1. The highest BCUT2D eigenvalue weighted by atomic mass is 16.5. The second-order valence-corrected chi connectivity index (χ2v) is 7.47. The number of rotatable bonds is 6. The molecule has 1 saturated heterocycles. The van der Waals surface area contributed by atoms with Gasteiger partial charge in [0.25, 0.3) is 11.9 Å². The highest BCUT2D eigenvalue weighted by Gasteiger charge is 2.21. The Labute approximate surface area is 170 Å². The molecular weight excluding hydrogens is 368 g/mol. The summed E-state index contributed by atoms with van der Waals surface area (Å²) in [6.45, 7) is 2.36. The first-order valence-corrected chi connectivity index (χ1v) is 10.1. The number of nitrogens with zero attached hydrogens (tertiary/aromatic N) is 4. The Bertz CT molecular complexity index is 923. The van der Waals surface area contributed by atoms with Gasteiger partial charge in [0.2, 0.25) is 5.95 Å². The second-order valence-electron chi connectivity index (χ2n) is 7.47. The van der Waals surface area contributed by atoms with Crippen LogP contribution in [0.3, 0.4) is 0 Å².